The van der Waals surface area contributed by atoms with Gasteiger partial charge in [-0.25, -0.2) is 9.97 Å². The number of hydrogen-bond acceptors (Lipinski definition) is 4. The summed E-state index contributed by atoms with van der Waals surface area (Å²) in [6.07, 6.45) is 5.70. The van der Waals surface area contributed by atoms with Crippen molar-refractivity contribution in [1.29, 1.82) is 0 Å². The molecule has 0 atom stereocenters. The molecule has 24 heavy (non-hydrogen) atoms. The van der Waals surface area contributed by atoms with Crippen molar-refractivity contribution in [2.75, 3.05) is 11.9 Å². The molecule has 0 aliphatic carbocycles. The summed E-state index contributed by atoms with van der Waals surface area (Å²) in [7, 11) is 0. The summed E-state index contributed by atoms with van der Waals surface area (Å²) in [6.45, 7) is 5.98. The highest BCUT2D eigenvalue weighted by Gasteiger charge is 2.10. The Morgan fingerprint density at radius 1 is 1.12 bits per heavy atom. The van der Waals surface area contributed by atoms with Gasteiger partial charge in [0.1, 0.15) is 0 Å². The van der Waals surface area contributed by atoms with Gasteiger partial charge in [-0.15, -0.1) is 0 Å². The second-order valence-electron chi connectivity index (χ2n) is 5.79. The van der Waals surface area contributed by atoms with E-state index in [1.165, 1.54) is 5.56 Å². The van der Waals surface area contributed by atoms with Crippen LogP contribution in [0.2, 0.25) is 0 Å². The number of aromatic nitrogens is 4. The summed E-state index contributed by atoms with van der Waals surface area (Å²) in [5.74, 6) is 0.658. The highest BCUT2D eigenvalue weighted by Crippen LogP contribution is 2.21. The van der Waals surface area contributed by atoms with Crippen molar-refractivity contribution in [1.82, 2.24) is 19.7 Å². The fraction of sp³-hybridized carbons (Fsp3) is 0.316. The highest BCUT2D eigenvalue weighted by atomic mass is 15.3. The van der Waals surface area contributed by atoms with Crippen molar-refractivity contribution in [2.45, 2.75) is 33.2 Å². The van der Waals surface area contributed by atoms with Crippen molar-refractivity contribution in [2.24, 2.45) is 0 Å². The molecular formula is C19H23N5. The van der Waals surface area contributed by atoms with E-state index < -0.39 is 0 Å². The molecule has 0 saturated carbocycles. The van der Waals surface area contributed by atoms with Gasteiger partial charge in [-0.05, 0) is 31.4 Å². The van der Waals surface area contributed by atoms with Crippen LogP contribution in [0.15, 0.2) is 48.8 Å². The van der Waals surface area contributed by atoms with Crippen LogP contribution in [0.1, 0.15) is 24.6 Å². The first-order valence-corrected chi connectivity index (χ1v) is 8.41. The summed E-state index contributed by atoms with van der Waals surface area (Å²) < 4.78 is 2.03. The maximum absolute atomic E-state index is 4.63. The lowest BCUT2D eigenvalue weighted by Gasteiger charge is -2.07. The Morgan fingerprint density at radius 2 is 1.96 bits per heavy atom. The highest BCUT2D eigenvalue weighted by molar-refractivity contribution is 5.61. The molecule has 0 aliphatic rings. The first-order chi connectivity index (χ1) is 11.8. The molecule has 3 rings (SSSR count). The lowest BCUT2D eigenvalue weighted by Crippen LogP contribution is -2.08. The molecule has 0 unspecified atom stereocenters. The number of nitrogens with zero attached hydrogens (tertiary/aromatic N) is 4. The molecule has 0 saturated heterocycles. The summed E-state index contributed by atoms with van der Waals surface area (Å²) in [5.41, 5.74) is 4.42. The standard InChI is InChI=1S/C19H23N5/c1-3-13-24-15(2)17(14-22-24)18-10-12-21-19(23-18)20-11-9-16-7-5-4-6-8-16/h4-8,10,12,14H,3,9,11,13H2,1-2H3,(H,20,21,23). The summed E-state index contributed by atoms with van der Waals surface area (Å²) in [4.78, 5) is 8.95. The number of hydrogen-bond donors (Lipinski definition) is 1. The molecule has 0 aliphatic heterocycles. The number of aryl methyl sites for hydroxylation is 1. The average molecular weight is 321 g/mol. The maximum Gasteiger partial charge on any atom is 0.223 e. The van der Waals surface area contributed by atoms with Crippen molar-refractivity contribution >= 4 is 5.95 Å². The second-order valence-corrected chi connectivity index (χ2v) is 5.79. The zero-order valence-corrected chi connectivity index (χ0v) is 14.2. The summed E-state index contributed by atoms with van der Waals surface area (Å²) in [6, 6.07) is 12.3. The van der Waals surface area contributed by atoms with Crippen LogP contribution in [0.5, 0.6) is 0 Å². The minimum Gasteiger partial charge on any atom is -0.354 e. The second kappa shape index (κ2) is 7.73. The average Bonchev–Trinajstić information content (AvgIpc) is 2.97. The zero-order chi connectivity index (χ0) is 16.8. The Bertz CT molecular complexity index is 779. The van der Waals surface area contributed by atoms with E-state index in [0.29, 0.717) is 5.95 Å². The predicted molar refractivity (Wildman–Crippen MR) is 96.9 cm³/mol. The number of anilines is 1. The molecule has 5 heteroatoms. The molecule has 5 nitrogen and oxygen atoms in total. The van der Waals surface area contributed by atoms with E-state index in [1.54, 1.807) is 6.20 Å². The van der Waals surface area contributed by atoms with Gasteiger partial charge in [-0.3, -0.25) is 4.68 Å². The van der Waals surface area contributed by atoms with Gasteiger partial charge in [0.2, 0.25) is 5.95 Å². The van der Waals surface area contributed by atoms with Crippen molar-refractivity contribution in [3.05, 3.63) is 60.0 Å². The Morgan fingerprint density at radius 3 is 2.75 bits per heavy atom. The van der Waals surface area contributed by atoms with Crippen LogP contribution in [0.25, 0.3) is 11.3 Å². The molecule has 1 N–H and O–H groups in total. The van der Waals surface area contributed by atoms with Gasteiger partial charge >= 0.3 is 0 Å². The fourth-order valence-electron chi connectivity index (χ4n) is 2.69. The van der Waals surface area contributed by atoms with Crippen LogP contribution in [0, 0.1) is 6.92 Å². The van der Waals surface area contributed by atoms with E-state index >= 15 is 0 Å². The van der Waals surface area contributed by atoms with E-state index in [0.717, 1.165) is 42.9 Å². The normalized spacial score (nSPS) is 10.8. The van der Waals surface area contributed by atoms with Crippen molar-refractivity contribution in [3.8, 4) is 11.3 Å². The Kier molecular flexibility index (Phi) is 5.21. The first kappa shape index (κ1) is 16.2. The Balaban J connectivity index is 1.68. The zero-order valence-electron chi connectivity index (χ0n) is 14.2. The number of rotatable bonds is 7. The predicted octanol–water partition coefficient (Wildman–Crippen LogP) is 3.71. The first-order valence-electron chi connectivity index (χ1n) is 8.41. The molecule has 124 valence electrons. The molecule has 2 heterocycles. The van der Waals surface area contributed by atoms with Crippen LogP contribution in [0.4, 0.5) is 5.95 Å². The van der Waals surface area contributed by atoms with Crippen LogP contribution in [0.3, 0.4) is 0 Å². The van der Waals surface area contributed by atoms with Gasteiger partial charge in [-0.2, -0.15) is 5.10 Å². The maximum atomic E-state index is 4.63. The fourth-order valence-corrected chi connectivity index (χ4v) is 2.69. The minimum absolute atomic E-state index is 0.658. The van der Waals surface area contributed by atoms with E-state index in [1.807, 2.05) is 23.0 Å². The van der Waals surface area contributed by atoms with Crippen LogP contribution in [-0.4, -0.2) is 26.3 Å². The summed E-state index contributed by atoms with van der Waals surface area (Å²) >= 11 is 0. The van der Waals surface area contributed by atoms with E-state index in [2.05, 4.69) is 58.5 Å². The van der Waals surface area contributed by atoms with Crippen LogP contribution < -0.4 is 5.32 Å². The molecule has 3 aromatic rings. The topological polar surface area (TPSA) is 55.6 Å². The van der Waals surface area contributed by atoms with Gasteiger partial charge in [0.05, 0.1) is 11.9 Å². The third kappa shape index (κ3) is 3.79. The molecule has 2 aromatic heterocycles. The SMILES string of the molecule is CCCn1ncc(-c2ccnc(NCCc3ccccc3)n2)c1C. The van der Waals surface area contributed by atoms with Crippen molar-refractivity contribution < 1.29 is 0 Å². The lowest BCUT2D eigenvalue weighted by molar-refractivity contribution is 0.587. The molecular weight excluding hydrogens is 298 g/mol. The van der Waals surface area contributed by atoms with E-state index in [4.69, 9.17) is 0 Å². The Hall–Kier alpha value is -2.69. The molecule has 0 bridgehead atoms. The smallest absolute Gasteiger partial charge is 0.223 e. The van der Waals surface area contributed by atoms with E-state index in [9.17, 15) is 0 Å². The largest absolute Gasteiger partial charge is 0.354 e. The van der Waals surface area contributed by atoms with E-state index in [-0.39, 0.29) is 0 Å². The monoisotopic (exact) mass is 321 g/mol. The lowest BCUT2D eigenvalue weighted by atomic mass is 10.1. The molecule has 1 aromatic carbocycles. The van der Waals surface area contributed by atoms with Gasteiger partial charge < -0.3 is 5.32 Å². The van der Waals surface area contributed by atoms with Gasteiger partial charge in [-0.1, -0.05) is 37.3 Å². The molecule has 0 amide bonds. The minimum atomic E-state index is 0.658. The molecule has 0 spiro atoms. The Labute approximate surface area is 142 Å². The van der Waals surface area contributed by atoms with Crippen molar-refractivity contribution in [3.63, 3.8) is 0 Å². The third-order valence-electron chi connectivity index (χ3n) is 4.01. The van der Waals surface area contributed by atoms with Crippen LogP contribution in [-0.2, 0) is 13.0 Å². The molecule has 0 radical (unpaired) electrons. The van der Waals surface area contributed by atoms with Crippen LogP contribution >= 0.6 is 0 Å². The van der Waals surface area contributed by atoms with Gasteiger partial charge in [0, 0.05) is 30.5 Å². The van der Waals surface area contributed by atoms with Gasteiger partial charge in [0.25, 0.3) is 0 Å². The van der Waals surface area contributed by atoms with Gasteiger partial charge in [0.15, 0.2) is 0 Å². The third-order valence-corrected chi connectivity index (χ3v) is 4.01. The number of nitrogens with one attached hydrogen (secondary N) is 1. The number of benzene rings is 1. The summed E-state index contributed by atoms with van der Waals surface area (Å²) in [5, 5.41) is 7.75. The quantitative estimate of drug-likeness (QED) is 0.720. The molecule has 0 fully saturated rings.